The van der Waals surface area contributed by atoms with Crippen molar-refractivity contribution in [3.05, 3.63) is 71.3 Å². The molecule has 2 aliphatic heterocycles. The van der Waals surface area contributed by atoms with Crippen molar-refractivity contribution in [2.75, 3.05) is 13.1 Å². The van der Waals surface area contributed by atoms with E-state index in [1.54, 1.807) is 32.9 Å². The number of carbonyl (C=O) groups is 1. The SMILES string of the molecule is CC(C)(C)N1C(=O)C=C(c2ccc(CC(NS(=O)(=O)c3cccc(C(F)(F)F)c3)C3=NCCN3)cc2)S1(=O)=O. The quantitative estimate of drug-likeness (QED) is 0.516. The Labute approximate surface area is 224 Å². The molecule has 1 amide bonds. The second-order valence-electron chi connectivity index (χ2n) is 10.1. The Morgan fingerprint density at radius 1 is 1.10 bits per heavy atom. The van der Waals surface area contributed by atoms with Gasteiger partial charge in [0.05, 0.1) is 28.6 Å². The van der Waals surface area contributed by atoms with Crippen molar-refractivity contribution in [3.63, 3.8) is 0 Å². The fraction of sp³-hybridized carbons (Fsp3) is 0.360. The highest BCUT2D eigenvalue weighted by atomic mass is 32.2. The number of nitrogens with zero attached hydrogens (tertiary/aromatic N) is 2. The van der Waals surface area contributed by atoms with Crippen molar-refractivity contribution in [1.82, 2.24) is 14.3 Å². The minimum Gasteiger partial charge on any atom is -0.371 e. The molecule has 2 aliphatic rings. The molecule has 2 aromatic carbocycles. The average molecular weight is 585 g/mol. The molecule has 1 unspecified atom stereocenters. The second kappa shape index (κ2) is 10.1. The molecule has 0 fully saturated rings. The zero-order chi connectivity index (χ0) is 28.8. The number of aliphatic imine (C=N–C) groups is 1. The molecule has 2 aromatic rings. The summed E-state index contributed by atoms with van der Waals surface area (Å²) in [5, 5.41) is 2.99. The predicted molar refractivity (Wildman–Crippen MR) is 139 cm³/mol. The van der Waals surface area contributed by atoms with Crippen molar-refractivity contribution in [2.24, 2.45) is 4.99 Å². The minimum absolute atomic E-state index is 0.0726. The molecule has 0 aromatic heterocycles. The summed E-state index contributed by atoms with van der Waals surface area (Å²) >= 11 is 0. The summed E-state index contributed by atoms with van der Waals surface area (Å²) < 4.78 is 94.8. The Balaban J connectivity index is 1.59. The van der Waals surface area contributed by atoms with Gasteiger partial charge in [0.15, 0.2) is 0 Å². The highest BCUT2D eigenvalue weighted by Crippen LogP contribution is 2.35. The van der Waals surface area contributed by atoms with Gasteiger partial charge < -0.3 is 5.32 Å². The highest BCUT2D eigenvalue weighted by molar-refractivity contribution is 7.99. The van der Waals surface area contributed by atoms with Gasteiger partial charge in [-0.3, -0.25) is 9.79 Å². The molecule has 9 nitrogen and oxygen atoms in total. The number of benzene rings is 2. The Bertz CT molecular complexity index is 1560. The topological polar surface area (TPSA) is 125 Å². The van der Waals surface area contributed by atoms with Crippen LogP contribution in [0, 0.1) is 0 Å². The molecule has 1 atom stereocenters. The molecule has 14 heteroatoms. The Morgan fingerprint density at radius 2 is 1.77 bits per heavy atom. The van der Waals surface area contributed by atoms with Crippen LogP contribution in [0.1, 0.15) is 37.5 Å². The summed E-state index contributed by atoms with van der Waals surface area (Å²) in [6.45, 7) is 5.72. The van der Waals surface area contributed by atoms with Gasteiger partial charge in [0.1, 0.15) is 10.7 Å². The van der Waals surface area contributed by atoms with E-state index in [2.05, 4.69) is 15.0 Å². The van der Waals surface area contributed by atoms with Gasteiger partial charge in [-0.05, 0) is 56.5 Å². The van der Waals surface area contributed by atoms with Gasteiger partial charge in [-0.15, -0.1) is 0 Å². The van der Waals surface area contributed by atoms with Crippen LogP contribution in [0.4, 0.5) is 13.2 Å². The van der Waals surface area contributed by atoms with Gasteiger partial charge in [0.25, 0.3) is 15.9 Å². The number of hydrogen-bond acceptors (Lipinski definition) is 7. The zero-order valence-corrected chi connectivity index (χ0v) is 22.9. The Hall–Kier alpha value is -3.23. The summed E-state index contributed by atoms with van der Waals surface area (Å²) in [6.07, 6.45) is -3.57. The predicted octanol–water partition coefficient (Wildman–Crippen LogP) is 2.91. The van der Waals surface area contributed by atoms with Crippen molar-refractivity contribution >= 4 is 36.7 Å². The normalized spacial score (nSPS) is 18.5. The summed E-state index contributed by atoms with van der Waals surface area (Å²) in [6, 6.07) is 8.74. The van der Waals surface area contributed by atoms with Crippen LogP contribution in [0.5, 0.6) is 0 Å². The van der Waals surface area contributed by atoms with E-state index < -0.39 is 54.2 Å². The van der Waals surface area contributed by atoms with E-state index in [9.17, 15) is 34.8 Å². The molecule has 210 valence electrons. The van der Waals surface area contributed by atoms with E-state index in [1.807, 2.05) is 0 Å². The van der Waals surface area contributed by atoms with Crippen LogP contribution in [0.3, 0.4) is 0 Å². The van der Waals surface area contributed by atoms with E-state index in [4.69, 9.17) is 0 Å². The Kier molecular flexibility index (Phi) is 7.42. The maximum absolute atomic E-state index is 13.1. The molecule has 39 heavy (non-hydrogen) atoms. The number of amides is 1. The summed E-state index contributed by atoms with van der Waals surface area (Å²) in [7, 11) is -8.43. The van der Waals surface area contributed by atoms with Gasteiger partial charge >= 0.3 is 6.18 Å². The third-order valence-corrected chi connectivity index (χ3v) is 9.65. The zero-order valence-electron chi connectivity index (χ0n) is 21.3. The smallest absolute Gasteiger partial charge is 0.371 e. The maximum atomic E-state index is 13.1. The molecule has 0 saturated heterocycles. The van der Waals surface area contributed by atoms with Crippen molar-refractivity contribution < 1.29 is 34.8 Å². The fourth-order valence-corrected chi connectivity index (χ4v) is 7.50. The van der Waals surface area contributed by atoms with E-state index >= 15 is 0 Å². The Morgan fingerprint density at radius 3 is 2.31 bits per heavy atom. The lowest BCUT2D eigenvalue weighted by atomic mass is 10.0. The van der Waals surface area contributed by atoms with Crippen molar-refractivity contribution in [2.45, 2.75) is 49.8 Å². The van der Waals surface area contributed by atoms with Crippen LogP contribution in [-0.2, 0) is 37.4 Å². The molecule has 4 rings (SSSR count). The lowest BCUT2D eigenvalue weighted by molar-refractivity contribution is -0.137. The number of nitrogens with one attached hydrogen (secondary N) is 2. The molecule has 2 N–H and O–H groups in total. The van der Waals surface area contributed by atoms with E-state index in [1.165, 1.54) is 12.1 Å². The van der Waals surface area contributed by atoms with Gasteiger partial charge in [-0.1, -0.05) is 30.3 Å². The van der Waals surface area contributed by atoms with Crippen LogP contribution in [0.25, 0.3) is 4.91 Å². The van der Waals surface area contributed by atoms with Crippen LogP contribution in [0.15, 0.2) is 64.5 Å². The molecular weight excluding hydrogens is 557 g/mol. The molecule has 0 saturated carbocycles. The van der Waals surface area contributed by atoms with Crippen molar-refractivity contribution in [3.8, 4) is 0 Å². The third kappa shape index (κ3) is 6.02. The van der Waals surface area contributed by atoms with E-state index in [-0.39, 0.29) is 16.9 Å². The van der Waals surface area contributed by atoms with Gasteiger partial charge in [0.2, 0.25) is 10.0 Å². The number of sulfonamides is 2. The van der Waals surface area contributed by atoms with Crippen LogP contribution < -0.4 is 10.0 Å². The summed E-state index contributed by atoms with van der Waals surface area (Å²) in [5.41, 5.74) is -1.15. The highest BCUT2D eigenvalue weighted by Gasteiger charge is 2.44. The lowest BCUT2D eigenvalue weighted by Gasteiger charge is -2.30. The number of amidine groups is 1. The number of rotatable bonds is 7. The first-order valence-corrected chi connectivity index (χ1v) is 14.8. The standard InChI is InChI=1S/C25H27F3N4O5S2/c1-24(2,3)32-22(33)15-21(39(32,36)37)17-9-7-16(8-10-17)13-20(23-29-11-12-30-23)31-38(34,35)19-6-4-5-18(14-19)25(26,27)28/h4-10,14-15,20,31H,11-13H2,1-3H3,(H,29,30). The first-order valence-electron chi connectivity index (χ1n) is 11.9. The molecule has 0 aliphatic carbocycles. The minimum atomic E-state index is -4.71. The summed E-state index contributed by atoms with van der Waals surface area (Å²) in [5.74, 6) is -0.307. The lowest BCUT2D eigenvalue weighted by Crippen LogP contribution is -2.46. The molecular formula is C25H27F3N4O5S2. The van der Waals surface area contributed by atoms with E-state index in [0.29, 0.717) is 30.6 Å². The van der Waals surface area contributed by atoms with Gasteiger partial charge in [-0.2, -0.15) is 13.2 Å². The number of carbonyl (C=O) groups excluding carboxylic acids is 1. The maximum Gasteiger partial charge on any atom is 0.416 e. The molecule has 0 bridgehead atoms. The largest absolute Gasteiger partial charge is 0.416 e. The number of hydrogen-bond donors (Lipinski definition) is 2. The van der Waals surface area contributed by atoms with Crippen LogP contribution in [0.2, 0.25) is 0 Å². The van der Waals surface area contributed by atoms with Crippen LogP contribution in [-0.4, -0.2) is 57.6 Å². The fourth-order valence-electron chi connectivity index (χ4n) is 4.36. The van der Waals surface area contributed by atoms with Crippen molar-refractivity contribution in [1.29, 1.82) is 0 Å². The summed E-state index contributed by atoms with van der Waals surface area (Å²) in [4.78, 5) is 16.0. The third-order valence-electron chi connectivity index (χ3n) is 6.06. The average Bonchev–Trinajstić information content (AvgIpc) is 3.44. The number of halogens is 3. The number of alkyl halides is 3. The first kappa shape index (κ1) is 28.8. The second-order valence-corrected chi connectivity index (χ2v) is 13.6. The monoisotopic (exact) mass is 584 g/mol. The van der Waals surface area contributed by atoms with E-state index in [0.717, 1.165) is 28.6 Å². The molecule has 0 spiro atoms. The first-order chi connectivity index (χ1) is 18.0. The van der Waals surface area contributed by atoms with Gasteiger partial charge in [-0.25, -0.2) is 25.9 Å². The molecule has 2 heterocycles. The van der Waals surface area contributed by atoms with Crippen LogP contribution >= 0.6 is 0 Å². The van der Waals surface area contributed by atoms with Gasteiger partial charge in [0, 0.05) is 12.6 Å². The molecule has 0 radical (unpaired) electrons.